The fraction of sp³-hybridized carbons (Fsp3) is 0.400. The third-order valence-electron chi connectivity index (χ3n) is 2.77. The van der Waals surface area contributed by atoms with Gasteiger partial charge in [0.1, 0.15) is 24.1 Å². The van der Waals surface area contributed by atoms with Gasteiger partial charge >= 0.3 is 13.3 Å². The van der Waals surface area contributed by atoms with Gasteiger partial charge in [-0.1, -0.05) is 0 Å². The standard InChI is InChI=1S/C10H13FN3O5P/c11-7-3-6(4-8(7)19-5-20(16,17)18)14-2-1-9(12)13-10(14)15/h1-3,6,8H,4-5H2,(H2,12,13,15)(H2,16,17,18). The summed E-state index contributed by atoms with van der Waals surface area (Å²) in [5.74, 6) is -0.616. The molecule has 0 saturated heterocycles. The third kappa shape index (κ3) is 3.51. The van der Waals surface area contributed by atoms with E-state index >= 15 is 0 Å². The molecule has 1 aliphatic carbocycles. The van der Waals surface area contributed by atoms with Gasteiger partial charge in [0.15, 0.2) is 0 Å². The van der Waals surface area contributed by atoms with Crippen LogP contribution in [0.4, 0.5) is 10.2 Å². The van der Waals surface area contributed by atoms with E-state index in [0.29, 0.717) is 0 Å². The summed E-state index contributed by atoms with van der Waals surface area (Å²) in [5, 5.41) is 0. The minimum Gasteiger partial charge on any atom is -0.383 e. The molecule has 8 nitrogen and oxygen atoms in total. The Hall–Kier alpha value is -1.54. The summed E-state index contributed by atoms with van der Waals surface area (Å²) < 4.78 is 30.3. The number of anilines is 1. The average Bonchev–Trinajstić information content (AvgIpc) is 2.67. The third-order valence-corrected chi connectivity index (χ3v) is 3.25. The van der Waals surface area contributed by atoms with Crippen LogP contribution in [0, 0.1) is 0 Å². The Morgan fingerprint density at radius 3 is 2.90 bits per heavy atom. The zero-order chi connectivity index (χ0) is 14.9. The predicted molar refractivity (Wildman–Crippen MR) is 67.5 cm³/mol. The number of aromatic nitrogens is 2. The number of nitrogens with zero attached hydrogens (tertiary/aromatic N) is 2. The number of allylic oxidation sites excluding steroid dienone is 1. The van der Waals surface area contributed by atoms with Crippen LogP contribution in [0.1, 0.15) is 12.5 Å². The maximum Gasteiger partial charge on any atom is 0.351 e. The Kier molecular flexibility index (Phi) is 4.05. The summed E-state index contributed by atoms with van der Waals surface area (Å²) in [5.41, 5.74) is 4.72. The van der Waals surface area contributed by atoms with Gasteiger partial charge in [0, 0.05) is 12.6 Å². The molecular weight excluding hydrogens is 292 g/mol. The summed E-state index contributed by atoms with van der Waals surface area (Å²) >= 11 is 0. The van der Waals surface area contributed by atoms with Gasteiger partial charge in [-0.3, -0.25) is 9.13 Å². The second-order valence-electron chi connectivity index (χ2n) is 4.35. The summed E-state index contributed by atoms with van der Waals surface area (Å²) in [6.45, 7) is 0. The van der Waals surface area contributed by atoms with Crippen molar-refractivity contribution in [2.24, 2.45) is 0 Å². The van der Waals surface area contributed by atoms with Gasteiger partial charge in [-0.25, -0.2) is 9.18 Å². The Morgan fingerprint density at radius 1 is 1.60 bits per heavy atom. The van der Waals surface area contributed by atoms with Crippen LogP contribution in [0.15, 0.2) is 29.0 Å². The van der Waals surface area contributed by atoms with Crippen LogP contribution >= 0.6 is 7.60 Å². The van der Waals surface area contributed by atoms with Crippen LogP contribution in [0.2, 0.25) is 0 Å². The molecular formula is C10H13FN3O5P. The maximum absolute atomic E-state index is 13.6. The van der Waals surface area contributed by atoms with Gasteiger partial charge in [-0.05, 0) is 12.1 Å². The van der Waals surface area contributed by atoms with Gasteiger partial charge in [0.25, 0.3) is 0 Å². The molecule has 0 spiro atoms. The SMILES string of the molecule is Nc1ccn(C2C=C(F)C(OCP(=O)(O)O)C2)c(=O)n1. The highest BCUT2D eigenvalue weighted by Crippen LogP contribution is 2.38. The molecule has 0 bridgehead atoms. The lowest BCUT2D eigenvalue weighted by Crippen LogP contribution is -2.26. The van der Waals surface area contributed by atoms with Crippen LogP contribution in [0.5, 0.6) is 0 Å². The largest absolute Gasteiger partial charge is 0.383 e. The fourth-order valence-corrected chi connectivity index (χ4v) is 2.27. The van der Waals surface area contributed by atoms with Crippen molar-refractivity contribution in [3.8, 4) is 0 Å². The van der Waals surface area contributed by atoms with Crippen molar-refractivity contribution < 1.29 is 23.5 Å². The Labute approximate surface area is 112 Å². The number of nitrogen functional groups attached to an aromatic ring is 1. The molecule has 0 radical (unpaired) electrons. The Bertz CT molecular complexity index is 640. The maximum atomic E-state index is 13.6. The molecule has 1 aromatic rings. The Balaban J connectivity index is 2.11. The summed E-state index contributed by atoms with van der Waals surface area (Å²) in [6.07, 6.45) is 0.628. The molecule has 110 valence electrons. The number of nitrogens with two attached hydrogens (primary N) is 1. The molecule has 2 rings (SSSR count). The van der Waals surface area contributed by atoms with E-state index in [1.165, 1.54) is 16.8 Å². The lowest BCUT2D eigenvalue weighted by atomic mass is 10.2. The van der Waals surface area contributed by atoms with Gasteiger partial charge in [0.05, 0.1) is 6.04 Å². The predicted octanol–water partition coefficient (Wildman–Crippen LogP) is 0.144. The molecule has 0 fully saturated rings. The molecule has 2 unspecified atom stereocenters. The second kappa shape index (κ2) is 5.45. The summed E-state index contributed by atoms with van der Waals surface area (Å²) in [6, 6.07) is 0.772. The van der Waals surface area contributed by atoms with E-state index in [1.807, 2.05) is 0 Å². The van der Waals surface area contributed by atoms with Crippen molar-refractivity contribution in [2.75, 3.05) is 12.1 Å². The van der Waals surface area contributed by atoms with Gasteiger partial charge in [-0.15, -0.1) is 0 Å². The lowest BCUT2D eigenvalue weighted by molar-refractivity contribution is 0.0812. The van der Waals surface area contributed by atoms with Crippen molar-refractivity contribution in [3.63, 3.8) is 0 Å². The zero-order valence-electron chi connectivity index (χ0n) is 10.2. The minimum atomic E-state index is -4.37. The monoisotopic (exact) mass is 305 g/mol. The van der Waals surface area contributed by atoms with E-state index in [2.05, 4.69) is 4.98 Å². The fourth-order valence-electron chi connectivity index (χ4n) is 1.90. The zero-order valence-corrected chi connectivity index (χ0v) is 11.1. The topological polar surface area (TPSA) is 128 Å². The highest BCUT2D eigenvalue weighted by Gasteiger charge is 2.31. The molecule has 0 aliphatic heterocycles. The van der Waals surface area contributed by atoms with Crippen molar-refractivity contribution >= 4 is 13.4 Å². The van der Waals surface area contributed by atoms with Crippen molar-refractivity contribution in [2.45, 2.75) is 18.6 Å². The molecule has 0 amide bonds. The van der Waals surface area contributed by atoms with E-state index < -0.39 is 37.6 Å². The molecule has 0 saturated carbocycles. The van der Waals surface area contributed by atoms with Crippen LogP contribution in [0.25, 0.3) is 0 Å². The van der Waals surface area contributed by atoms with Crippen LogP contribution in [-0.2, 0) is 9.30 Å². The van der Waals surface area contributed by atoms with Gasteiger partial charge in [-0.2, -0.15) is 4.98 Å². The normalized spacial score (nSPS) is 22.9. The molecule has 1 aromatic heterocycles. The first-order valence-electron chi connectivity index (χ1n) is 5.64. The van der Waals surface area contributed by atoms with Gasteiger partial charge in [0.2, 0.25) is 0 Å². The van der Waals surface area contributed by atoms with Gasteiger partial charge < -0.3 is 20.3 Å². The number of rotatable bonds is 4. The van der Waals surface area contributed by atoms with Crippen LogP contribution < -0.4 is 11.4 Å². The smallest absolute Gasteiger partial charge is 0.351 e. The van der Waals surface area contributed by atoms with Crippen molar-refractivity contribution in [3.05, 3.63) is 34.7 Å². The van der Waals surface area contributed by atoms with E-state index in [-0.39, 0.29) is 12.2 Å². The first-order chi connectivity index (χ1) is 9.26. The molecule has 4 N–H and O–H groups in total. The van der Waals surface area contributed by atoms with Crippen LogP contribution in [-0.4, -0.2) is 31.8 Å². The molecule has 2 atom stereocenters. The lowest BCUT2D eigenvalue weighted by Gasteiger charge is -2.15. The van der Waals surface area contributed by atoms with Crippen molar-refractivity contribution in [1.29, 1.82) is 0 Å². The summed E-state index contributed by atoms with van der Waals surface area (Å²) in [4.78, 5) is 32.5. The van der Waals surface area contributed by atoms with E-state index in [1.54, 1.807) is 0 Å². The molecule has 1 aliphatic rings. The van der Waals surface area contributed by atoms with E-state index in [9.17, 15) is 13.8 Å². The Morgan fingerprint density at radius 2 is 2.30 bits per heavy atom. The quantitative estimate of drug-likeness (QED) is 0.675. The summed E-state index contributed by atoms with van der Waals surface area (Å²) in [7, 11) is -4.37. The molecule has 0 aromatic carbocycles. The second-order valence-corrected chi connectivity index (χ2v) is 5.93. The highest BCUT2D eigenvalue weighted by atomic mass is 31.2. The number of hydrogen-bond donors (Lipinski definition) is 3. The first-order valence-corrected chi connectivity index (χ1v) is 7.44. The first kappa shape index (κ1) is 14.9. The number of hydrogen-bond acceptors (Lipinski definition) is 5. The van der Waals surface area contributed by atoms with Crippen LogP contribution in [0.3, 0.4) is 0 Å². The number of ether oxygens (including phenoxy) is 1. The molecule has 1 heterocycles. The van der Waals surface area contributed by atoms with Crippen molar-refractivity contribution in [1.82, 2.24) is 9.55 Å². The molecule has 20 heavy (non-hydrogen) atoms. The minimum absolute atomic E-state index is 0.0529. The van der Waals surface area contributed by atoms with E-state index in [4.69, 9.17) is 20.3 Å². The van der Waals surface area contributed by atoms with E-state index in [0.717, 1.165) is 6.08 Å². The highest BCUT2D eigenvalue weighted by molar-refractivity contribution is 7.51. The average molecular weight is 305 g/mol. The number of halogens is 1. The molecule has 10 heteroatoms.